The molecule has 90 valence electrons. The number of hydrogen-bond donors (Lipinski definition) is 1. The van der Waals surface area contributed by atoms with Crippen LogP contribution in [-0.2, 0) is 16.6 Å². The van der Waals surface area contributed by atoms with Crippen LogP contribution in [0.2, 0.25) is 0 Å². The molecule has 0 radical (unpaired) electrons. The van der Waals surface area contributed by atoms with E-state index in [1.54, 1.807) is 0 Å². The molecule has 0 aliphatic carbocycles. The average molecular weight is 249 g/mol. The Balaban J connectivity index is 2.73. The minimum absolute atomic E-state index is 0.0439. The van der Waals surface area contributed by atoms with Gasteiger partial charge < -0.3 is 0 Å². The van der Waals surface area contributed by atoms with E-state index in [0.29, 0.717) is 5.56 Å². The van der Waals surface area contributed by atoms with Crippen molar-refractivity contribution >= 4 is 10.0 Å². The standard InChI is InChI=1S/C10H13F2NO2S/c1-7(2)16(14,15)13-6-8-3-4-9(11)10(12)5-8/h3-5,7,13H,6H2,1-2H3. The van der Waals surface area contributed by atoms with Crippen molar-refractivity contribution in [1.82, 2.24) is 4.72 Å². The number of hydrogen-bond acceptors (Lipinski definition) is 2. The van der Waals surface area contributed by atoms with Crippen molar-refractivity contribution < 1.29 is 17.2 Å². The van der Waals surface area contributed by atoms with E-state index in [0.717, 1.165) is 12.1 Å². The maximum absolute atomic E-state index is 12.8. The van der Waals surface area contributed by atoms with E-state index in [2.05, 4.69) is 4.72 Å². The third kappa shape index (κ3) is 3.24. The highest BCUT2D eigenvalue weighted by atomic mass is 32.2. The maximum atomic E-state index is 12.8. The first-order valence-corrected chi connectivity index (χ1v) is 6.30. The van der Waals surface area contributed by atoms with Crippen molar-refractivity contribution in [2.45, 2.75) is 25.6 Å². The van der Waals surface area contributed by atoms with Gasteiger partial charge in [0.05, 0.1) is 5.25 Å². The van der Waals surface area contributed by atoms with Crippen molar-refractivity contribution in [1.29, 1.82) is 0 Å². The summed E-state index contributed by atoms with van der Waals surface area (Å²) in [5.74, 6) is -1.93. The molecule has 6 heteroatoms. The van der Waals surface area contributed by atoms with Gasteiger partial charge in [0.1, 0.15) is 0 Å². The first kappa shape index (κ1) is 13.1. The highest BCUT2D eigenvalue weighted by molar-refractivity contribution is 7.90. The van der Waals surface area contributed by atoms with E-state index in [9.17, 15) is 17.2 Å². The molecule has 1 aromatic carbocycles. The van der Waals surface area contributed by atoms with E-state index >= 15 is 0 Å². The molecular formula is C10H13F2NO2S. The molecule has 0 unspecified atom stereocenters. The van der Waals surface area contributed by atoms with Crippen LogP contribution in [0, 0.1) is 11.6 Å². The summed E-state index contributed by atoms with van der Waals surface area (Å²) in [6, 6.07) is 3.27. The Morgan fingerprint density at radius 2 is 1.88 bits per heavy atom. The van der Waals surface area contributed by atoms with Crippen LogP contribution in [0.25, 0.3) is 0 Å². The molecule has 0 fully saturated rings. The zero-order chi connectivity index (χ0) is 12.3. The van der Waals surface area contributed by atoms with Gasteiger partial charge >= 0.3 is 0 Å². The summed E-state index contributed by atoms with van der Waals surface area (Å²) >= 11 is 0. The minimum atomic E-state index is -3.39. The smallest absolute Gasteiger partial charge is 0.212 e. The Kier molecular flexibility index (Phi) is 3.98. The van der Waals surface area contributed by atoms with Crippen molar-refractivity contribution in [3.05, 3.63) is 35.4 Å². The lowest BCUT2D eigenvalue weighted by Crippen LogP contribution is -2.30. The van der Waals surface area contributed by atoms with Gasteiger partial charge in [0.15, 0.2) is 11.6 Å². The Morgan fingerprint density at radius 3 is 2.38 bits per heavy atom. The van der Waals surface area contributed by atoms with Gasteiger partial charge in [0.25, 0.3) is 0 Å². The van der Waals surface area contributed by atoms with Crippen LogP contribution < -0.4 is 4.72 Å². The fourth-order valence-electron chi connectivity index (χ4n) is 1.00. The largest absolute Gasteiger partial charge is 0.214 e. The summed E-state index contributed by atoms with van der Waals surface area (Å²) in [5.41, 5.74) is 0.378. The van der Waals surface area contributed by atoms with E-state index in [1.807, 2.05) is 0 Å². The molecule has 0 saturated heterocycles. The second-order valence-corrected chi connectivity index (χ2v) is 5.98. The van der Waals surface area contributed by atoms with E-state index in [1.165, 1.54) is 19.9 Å². The highest BCUT2D eigenvalue weighted by Crippen LogP contribution is 2.09. The topological polar surface area (TPSA) is 46.2 Å². The van der Waals surface area contributed by atoms with E-state index < -0.39 is 26.9 Å². The third-order valence-corrected chi connectivity index (χ3v) is 3.87. The monoisotopic (exact) mass is 249 g/mol. The summed E-state index contributed by atoms with van der Waals surface area (Å²) in [7, 11) is -3.39. The Hall–Kier alpha value is -1.01. The zero-order valence-electron chi connectivity index (χ0n) is 9.00. The second kappa shape index (κ2) is 4.88. The molecule has 0 amide bonds. The third-order valence-electron chi connectivity index (χ3n) is 2.08. The molecule has 3 nitrogen and oxygen atoms in total. The van der Waals surface area contributed by atoms with Gasteiger partial charge in [-0.1, -0.05) is 6.07 Å². The van der Waals surface area contributed by atoms with Crippen LogP contribution >= 0.6 is 0 Å². The summed E-state index contributed by atoms with van der Waals surface area (Å²) < 4.78 is 50.5. The average Bonchev–Trinajstić information content (AvgIpc) is 2.20. The molecule has 0 aromatic heterocycles. The molecule has 0 aliphatic rings. The molecule has 0 spiro atoms. The highest BCUT2D eigenvalue weighted by Gasteiger charge is 2.15. The molecule has 1 rings (SSSR count). The first-order chi connectivity index (χ1) is 7.33. The Bertz CT molecular complexity index is 472. The first-order valence-electron chi connectivity index (χ1n) is 4.75. The number of benzene rings is 1. The predicted octanol–water partition coefficient (Wildman–Crippen LogP) is 1.79. The molecule has 0 heterocycles. The number of halogens is 2. The van der Waals surface area contributed by atoms with Gasteiger partial charge in [-0.25, -0.2) is 21.9 Å². The summed E-state index contributed by atoms with van der Waals surface area (Å²) in [5, 5.41) is -0.558. The van der Waals surface area contributed by atoms with Gasteiger partial charge in [-0.3, -0.25) is 0 Å². The van der Waals surface area contributed by atoms with Crippen molar-refractivity contribution in [2.24, 2.45) is 0 Å². The predicted molar refractivity (Wildman–Crippen MR) is 57.3 cm³/mol. The van der Waals surface area contributed by atoms with Crippen LogP contribution in [0.5, 0.6) is 0 Å². The van der Waals surface area contributed by atoms with Gasteiger partial charge in [-0.15, -0.1) is 0 Å². The molecular weight excluding hydrogens is 236 g/mol. The molecule has 0 saturated carbocycles. The summed E-state index contributed by atoms with van der Waals surface area (Å²) in [6.45, 7) is 3.03. The fraction of sp³-hybridized carbons (Fsp3) is 0.400. The molecule has 0 atom stereocenters. The van der Waals surface area contributed by atoms with Crippen molar-refractivity contribution in [3.8, 4) is 0 Å². The van der Waals surface area contributed by atoms with Crippen LogP contribution in [-0.4, -0.2) is 13.7 Å². The SMILES string of the molecule is CC(C)S(=O)(=O)NCc1ccc(F)c(F)c1. The van der Waals surface area contributed by atoms with E-state index in [4.69, 9.17) is 0 Å². The molecule has 1 aromatic rings. The van der Waals surface area contributed by atoms with Crippen molar-refractivity contribution in [2.75, 3.05) is 0 Å². The number of sulfonamides is 1. The maximum Gasteiger partial charge on any atom is 0.214 e. The van der Waals surface area contributed by atoms with Crippen LogP contribution in [0.1, 0.15) is 19.4 Å². The number of nitrogens with one attached hydrogen (secondary N) is 1. The normalized spacial score (nSPS) is 12.1. The van der Waals surface area contributed by atoms with Gasteiger partial charge in [0.2, 0.25) is 10.0 Å². The Labute approximate surface area is 93.5 Å². The summed E-state index contributed by atoms with van der Waals surface area (Å²) in [4.78, 5) is 0. The fourth-order valence-corrected chi connectivity index (χ4v) is 1.70. The molecule has 1 N–H and O–H groups in total. The lowest BCUT2D eigenvalue weighted by molar-refractivity contribution is 0.506. The quantitative estimate of drug-likeness (QED) is 0.884. The van der Waals surface area contributed by atoms with Crippen LogP contribution in [0.3, 0.4) is 0 Å². The number of rotatable bonds is 4. The lowest BCUT2D eigenvalue weighted by Gasteiger charge is -2.09. The van der Waals surface area contributed by atoms with Crippen LogP contribution in [0.4, 0.5) is 8.78 Å². The van der Waals surface area contributed by atoms with Gasteiger partial charge in [-0.2, -0.15) is 0 Å². The van der Waals surface area contributed by atoms with E-state index in [-0.39, 0.29) is 6.54 Å². The Morgan fingerprint density at radius 1 is 1.25 bits per heavy atom. The molecule has 16 heavy (non-hydrogen) atoms. The van der Waals surface area contributed by atoms with Crippen molar-refractivity contribution in [3.63, 3.8) is 0 Å². The van der Waals surface area contributed by atoms with Gasteiger partial charge in [0, 0.05) is 6.54 Å². The zero-order valence-corrected chi connectivity index (χ0v) is 9.81. The second-order valence-electron chi connectivity index (χ2n) is 3.66. The molecule has 0 aliphatic heterocycles. The minimum Gasteiger partial charge on any atom is -0.212 e. The van der Waals surface area contributed by atoms with Gasteiger partial charge in [-0.05, 0) is 31.5 Å². The summed E-state index contributed by atoms with van der Waals surface area (Å²) in [6.07, 6.45) is 0. The molecule has 0 bridgehead atoms. The lowest BCUT2D eigenvalue weighted by atomic mass is 10.2. The van der Waals surface area contributed by atoms with Crippen LogP contribution in [0.15, 0.2) is 18.2 Å².